The van der Waals surface area contributed by atoms with E-state index in [0.717, 1.165) is 11.5 Å². The fraction of sp³-hybridized carbons (Fsp3) is 0.833. The van der Waals surface area contributed by atoms with Gasteiger partial charge in [-0.2, -0.15) is 23.5 Å². The summed E-state index contributed by atoms with van der Waals surface area (Å²) in [6.45, 7) is -12.0. The van der Waals surface area contributed by atoms with Gasteiger partial charge in [0.2, 0.25) is 0 Å². The Morgan fingerprint density at radius 1 is 1.10 bits per heavy atom. The second-order valence-corrected chi connectivity index (χ2v) is 7.52. The van der Waals surface area contributed by atoms with Gasteiger partial charge in [0.05, 0.1) is 6.10 Å². The second kappa shape index (κ2) is 22.5. The summed E-state index contributed by atoms with van der Waals surface area (Å²) in [5.74, 6) is 0.966. The second-order valence-electron chi connectivity index (χ2n) is 2.86. The van der Waals surface area contributed by atoms with Gasteiger partial charge in [0.15, 0.2) is 0 Å². The van der Waals surface area contributed by atoms with Gasteiger partial charge in [-0.1, -0.05) is 0 Å². The van der Waals surface area contributed by atoms with Gasteiger partial charge in [0.25, 0.3) is 0 Å². The molecule has 0 amide bonds. The molecule has 1 saturated heterocycles. The van der Waals surface area contributed by atoms with Gasteiger partial charge in [0.1, 0.15) is 11.6 Å². The van der Waals surface area contributed by atoms with E-state index in [9.17, 15) is 14.7 Å². The van der Waals surface area contributed by atoms with Crippen LogP contribution in [0.2, 0.25) is 0 Å². The van der Waals surface area contributed by atoms with Crippen molar-refractivity contribution in [1.82, 2.24) is 0 Å². The minimum absolute atomic E-state index is 0.0553. The fourth-order valence-electron chi connectivity index (χ4n) is 0.750. The molecule has 126 valence electrons. The molecule has 0 unspecified atom stereocenters. The van der Waals surface area contributed by atoms with Gasteiger partial charge in [-0.15, -0.1) is 0 Å². The van der Waals surface area contributed by atoms with Crippen LogP contribution in [0, 0.1) is 0 Å². The Hall–Kier alpha value is 1.24. The standard InChI is InChI=1S/C6H12OS2.2C3H6O.2ClH.Pd/c7-6-4-8-2-1-3-9-5-6;2*1-3(2)4;;;/h6-7H,1-5H2;2*1-2H3;2*1H;/q;;;;;+2/p-2/i;2*1D3,2D3;;;. The van der Waals surface area contributed by atoms with Crippen LogP contribution in [0.25, 0.3) is 0 Å². The van der Waals surface area contributed by atoms with E-state index >= 15 is 0 Å². The first kappa shape index (κ1) is 9.52. The summed E-state index contributed by atoms with van der Waals surface area (Å²) in [5, 5.41) is 9.17. The number of hydrogen-bond donors (Lipinski definition) is 1. The molecule has 0 bridgehead atoms. The number of hydrogen-bond acceptors (Lipinski definition) is 5. The van der Waals surface area contributed by atoms with Crippen LogP contribution in [-0.4, -0.2) is 45.8 Å². The van der Waals surface area contributed by atoms with Gasteiger partial charge in [-0.3, -0.25) is 0 Å². The first-order chi connectivity index (χ1) is 14.1. The molecule has 1 N–H and O–H groups in total. The van der Waals surface area contributed by atoms with Crippen molar-refractivity contribution in [3.8, 4) is 0 Å². The average molecular weight is 470 g/mol. The van der Waals surface area contributed by atoms with Gasteiger partial charge in [-0.05, 0) is 45.3 Å². The van der Waals surface area contributed by atoms with Crippen molar-refractivity contribution >= 4 is 54.1 Å². The summed E-state index contributed by atoms with van der Waals surface area (Å²) in [7, 11) is 9.63. The van der Waals surface area contributed by atoms with Gasteiger partial charge in [0, 0.05) is 28.0 Å². The van der Waals surface area contributed by atoms with Crippen LogP contribution < -0.4 is 0 Å². The van der Waals surface area contributed by atoms with Crippen molar-refractivity contribution in [2.24, 2.45) is 0 Å². The summed E-state index contributed by atoms with van der Waals surface area (Å²) in [6, 6.07) is 0. The molecule has 0 saturated carbocycles. The first-order valence-corrected chi connectivity index (χ1v) is 11.2. The molecular formula is C12H24Cl2O3PdS2. The Labute approximate surface area is 164 Å². The number of rotatable bonds is 0. The monoisotopic (exact) mass is 468 g/mol. The van der Waals surface area contributed by atoms with E-state index in [1.165, 1.54) is 17.9 Å². The van der Waals surface area contributed by atoms with Gasteiger partial charge in [-0.25, -0.2) is 0 Å². The third kappa shape index (κ3) is 50.7. The molecule has 1 heterocycles. The van der Waals surface area contributed by atoms with E-state index in [4.69, 9.17) is 35.5 Å². The van der Waals surface area contributed by atoms with Crippen molar-refractivity contribution in [2.45, 2.75) is 39.9 Å². The quantitative estimate of drug-likeness (QED) is 0.547. The Kier molecular flexibility index (Phi) is 10.7. The Morgan fingerprint density at radius 3 is 1.70 bits per heavy atom. The van der Waals surface area contributed by atoms with Crippen molar-refractivity contribution in [2.75, 3.05) is 23.0 Å². The van der Waals surface area contributed by atoms with E-state index in [0.29, 0.717) is 0 Å². The number of ketones is 2. The molecule has 0 radical (unpaired) electrons. The number of aliphatic hydroxyl groups is 1. The first-order valence-electron chi connectivity index (χ1n) is 10.9. The molecule has 1 rings (SSSR count). The summed E-state index contributed by atoms with van der Waals surface area (Å²) in [4.78, 5) is 20.7. The van der Waals surface area contributed by atoms with E-state index in [1.807, 2.05) is 23.5 Å². The van der Waals surface area contributed by atoms with E-state index < -0.39 is 39.0 Å². The Bertz CT molecular complexity index is 465. The zero-order valence-corrected chi connectivity index (χ0v) is 15.0. The summed E-state index contributed by atoms with van der Waals surface area (Å²) in [6.07, 6.45) is 1.25. The molecule has 0 aliphatic carbocycles. The van der Waals surface area contributed by atoms with Crippen LogP contribution in [0.5, 0.6) is 0 Å². The molecule has 3 nitrogen and oxygen atoms in total. The van der Waals surface area contributed by atoms with Crippen LogP contribution in [0.4, 0.5) is 0 Å². The molecule has 1 aliphatic rings. The van der Waals surface area contributed by atoms with E-state index in [-0.39, 0.29) is 22.0 Å². The third-order valence-electron chi connectivity index (χ3n) is 1.20. The van der Waals surface area contributed by atoms with Crippen molar-refractivity contribution in [1.29, 1.82) is 0 Å². The molecule has 1 aliphatic heterocycles. The van der Waals surface area contributed by atoms with Crippen molar-refractivity contribution in [3.63, 3.8) is 0 Å². The van der Waals surface area contributed by atoms with Gasteiger partial charge >= 0.3 is 35.0 Å². The maximum absolute atomic E-state index is 10.4. The number of halogens is 2. The van der Waals surface area contributed by atoms with Crippen LogP contribution in [0.15, 0.2) is 0 Å². The zero-order valence-electron chi connectivity index (χ0n) is 22.3. The molecule has 0 atom stereocenters. The number of carbonyl (C=O) groups excluding carboxylic acids is 2. The van der Waals surface area contributed by atoms with Gasteiger partial charge < -0.3 is 14.7 Å². The normalized spacial score (nSPS) is 26.4. The van der Waals surface area contributed by atoms with Crippen LogP contribution >= 0.6 is 42.6 Å². The average Bonchev–Trinajstić information content (AvgIpc) is 2.55. The minimum atomic E-state index is -3.01. The predicted molar refractivity (Wildman–Crippen MR) is 89.7 cm³/mol. The molecule has 20 heavy (non-hydrogen) atoms. The van der Waals surface area contributed by atoms with Crippen LogP contribution in [-0.2, 0) is 25.5 Å². The molecule has 0 aromatic rings. The number of aliphatic hydroxyl groups excluding tert-OH is 1. The molecular weight excluding hydrogens is 434 g/mol. The number of Topliss-reactive ketones (excluding diaryl/α,β-unsaturated/α-hetero) is 2. The number of carbonyl (C=O) groups is 2. The molecule has 8 heteroatoms. The predicted octanol–water partition coefficient (Wildman–Crippen LogP) is 3.78. The summed E-state index contributed by atoms with van der Waals surface area (Å²) < 4.78 is 77.0. The summed E-state index contributed by atoms with van der Waals surface area (Å²) in [5.41, 5.74) is 0. The van der Waals surface area contributed by atoms with Crippen LogP contribution in [0.1, 0.15) is 50.3 Å². The fourth-order valence-corrected chi connectivity index (χ4v) is 2.89. The van der Waals surface area contributed by atoms with E-state index in [1.54, 1.807) is 0 Å². The molecule has 1 fully saturated rings. The zero-order chi connectivity index (χ0) is 26.4. The summed E-state index contributed by atoms with van der Waals surface area (Å²) >= 11 is 3.64. The Balaban J connectivity index is -0.000000371. The SMILES string of the molecule is OC1CSCCCSC1.[2H]C([2H])([2H])C(=O)C([2H])([2H])[2H].[2H]C([2H])([2H])C(=O)C([2H])([2H])[2H].[Cl][Pd][Cl]. The van der Waals surface area contributed by atoms with E-state index in [2.05, 4.69) is 0 Å². The topological polar surface area (TPSA) is 54.4 Å². The number of thioether (sulfide) groups is 2. The van der Waals surface area contributed by atoms with Crippen molar-refractivity contribution in [3.05, 3.63) is 0 Å². The molecule has 0 aromatic carbocycles. The van der Waals surface area contributed by atoms with Crippen LogP contribution in [0.3, 0.4) is 0 Å². The third-order valence-corrected chi connectivity index (χ3v) is 3.59. The maximum atomic E-state index is 10.4. The molecule has 0 aromatic heterocycles. The van der Waals surface area contributed by atoms with Crippen molar-refractivity contribution < 1.29 is 47.1 Å². The molecule has 0 spiro atoms. The Morgan fingerprint density at radius 2 is 1.45 bits per heavy atom.